The van der Waals surface area contributed by atoms with Crippen LogP contribution in [0.2, 0.25) is 0 Å². The fourth-order valence-electron chi connectivity index (χ4n) is 3.98. The smallest absolute Gasteiger partial charge is 0.213 e. The number of aromatic nitrogens is 2. The first-order valence-electron chi connectivity index (χ1n) is 8.12. The van der Waals surface area contributed by atoms with Gasteiger partial charge in [-0.15, -0.1) is 0 Å². The normalized spacial score (nSPS) is 27.3. The average Bonchev–Trinajstić information content (AvgIpc) is 2.97. The van der Waals surface area contributed by atoms with Crippen LogP contribution in [-0.2, 0) is 10.0 Å². The van der Waals surface area contributed by atoms with Crippen molar-refractivity contribution in [2.45, 2.75) is 6.92 Å². The van der Waals surface area contributed by atoms with E-state index >= 15 is 0 Å². The van der Waals surface area contributed by atoms with Crippen molar-refractivity contribution in [1.82, 2.24) is 14.3 Å². The van der Waals surface area contributed by atoms with E-state index in [0.29, 0.717) is 30.8 Å². The second-order valence-electron chi connectivity index (χ2n) is 6.66. The molecule has 124 valence electrons. The van der Waals surface area contributed by atoms with Gasteiger partial charge in [-0.1, -0.05) is 0 Å². The minimum absolute atomic E-state index is 0.208. The van der Waals surface area contributed by atoms with Gasteiger partial charge in [0.2, 0.25) is 10.0 Å². The molecule has 2 aliphatic rings. The minimum Gasteiger partial charge on any atom is -0.374 e. The number of rotatable bonds is 5. The van der Waals surface area contributed by atoms with Crippen LogP contribution in [-0.4, -0.2) is 55.1 Å². The Bertz CT molecular complexity index is 819. The van der Waals surface area contributed by atoms with Crippen molar-refractivity contribution in [3.05, 3.63) is 24.5 Å². The van der Waals surface area contributed by atoms with E-state index in [4.69, 9.17) is 0 Å². The van der Waals surface area contributed by atoms with Crippen molar-refractivity contribution in [3.8, 4) is 0 Å². The zero-order chi connectivity index (χ0) is 16.2. The molecule has 3 heterocycles. The first-order valence-corrected chi connectivity index (χ1v) is 9.73. The lowest BCUT2D eigenvalue weighted by Crippen LogP contribution is -2.34. The van der Waals surface area contributed by atoms with Crippen molar-refractivity contribution < 1.29 is 8.42 Å². The van der Waals surface area contributed by atoms with Crippen molar-refractivity contribution in [2.24, 2.45) is 17.8 Å². The third-order valence-electron chi connectivity index (χ3n) is 5.43. The number of anilines is 1. The number of nitrogens with zero attached hydrogens (tertiary/aromatic N) is 3. The third-order valence-corrected chi connectivity index (χ3v) is 7.24. The van der Waals surface area contributed by atoms with Gasteiger partial charge < -0.3 is 9.88 Å². The van der Waals surface area contributed by atoms with E-state index in [-0.39, 0.29) is 5.75 Å². The fourth-order valence-corrected chi connectivity index (χ4v) is 5.15. The van der Waals surface area contributed by atoms with Gasteiger partial charge in [0.25, 0.3) is 0 Å². The summed E-state index contributed by atoms with van der Waals surface area (Å²) in [7, 11) is -0.911. The molecule has 0 bridgehead atoms. The predicted molar refractivity (Wildman–Crippen MR) is 90.9 cm³/mol. The van der Waals surface area contributed by atoms with Crippen LogP contribution in [0.1, 0.15) is 6.92 Å². The maximum atomic E-state index is 11.9. The molecule has 2 aromatic heterocycles. The van der Waals surface area contributed by atoms with Gasteiger partial charge in [0.05, 0.1) is 5.75 Å². The molecule has 0 amide bonds. The molecular weight excluding hydrogens is 312 g/mol. The number of fused-ring (bicyclic) bond motifs is 2. The number of sulfonamides is 1. The van der Waals surface area contributed by atoms with Crippen LogP contribution in [0.4, 0.5) is 5.69 Å². The van der Waals surface area contributed by atoms with Gasteiger partial charge in [0.1, 0.15) is 5.65 Å². The van der Waals surface area contributed by atoms with Crippen LogP contribution >= 0.6 is 0 Å². The Labute approximate surface area is 136 Å². The highest BCUT2D eigenvalue weighted by Crippen LogP contribution is 2.52. The number of hydrogen-bond acceptors (Lipinski definition) is 4. The number of hydrogen-bond donors (Lipinski definition) is 1. The maximum absolute atomic E-state index is 11.9. The third kappa shape index (κ3) is 2.42. The fraction of sp³-hybridized carbons (Fsp3) is 0.562. The number of nitrogens with one attached hydrogen (secondary N) is 1. The van der Waals surface area contributed by atoms with E-state index in [1.54, 1.807) is 11.2 Å². The summed E-state index contributed by atoms with van der Waals surface area (Å²) in [5.74, 6) is 1.87. The SMILES string of the molecule is CCS(=O)(=O)N1CC2[C@@H](CN(C)c3ccnc4[nH]ccc34)[C@@H]2C1. The minimum atomic E-state index is -3.02. The van der Waals surface area contributed by atoms with Crippen LogP contribution in [0.15, 0.2) is 24.5 Å². The summed E-state index contributed by atoms with van der Waals surface area (Å²) in [6, 6.07) is 4.10. The summed E-state index contributed by atoms with van der Waals surface area (Å²) < 4.78 is 25.6. The maximum Gasteiger partial charge on any atom is 0.213 e. The highest BCUT2D eigenvalue weighted by Gasteiger charge is 2.57. The van der Waals surface area contributed by atoms with E-state index < -0.39 is 10.0 Å². The van der Waals surface area contributed by atoms with Crippen LogP contribution in [0.3, 0.4) is 0 Å². The van der Waals surface area contributed by atoms with E-state index in [1.807, 2.05) is 18.5 Å². The van der Waals surface area contributed by atoms with Crippen molar-refractivity contribution in [2.75, 3.05) is 37.3 Å². The second kappa shape index (κ2) is 5.21. The van der Waals surface area contributed by atoms with Gasteiger partial charge in [-0.3, -0.25) is 0 Å². The number of H-pyrrole nitrogens is 1. The number of piperidine rings is 1. The zero-order valence-electron chi connectivity index (χ0n) is 13.4. The average molecular weight is 334 g/mol. The first-order chi connectivity index (χ1) is 11.0. The summed E-state index contributed by atoms with van der Waals surface area (Å²) in [6.07, 6.45) is 3.74. The van der Waals surface area contributed by atoms with Gasteiger partial charge in [-0.25, -0.2) is 17.7 Å². The van der Waals surface area contributed by atoms with Gasteiger partial charge >= 0.3 is 0 Å². The Morgan fingerprint density at radius 3 is 2.78 bits per heavy atom. The van der Waals surface area contributed by atoms with E-state index in [1.165, 1.54) is 5.69 Å². The lowest BCUT2D eigenvalue weighted by atomic mass is 10.2. The molecule has 23 heavy (non-hydrogen) atoms. The molecule has 1 saturated heterocycles. The molecule has 1 unspecified atom stereocenters. The monoisotopic (exact) mass is 334 g/mol. The highest BCUT2D eigenvalue weighted by molar-refractivity contribution is 7.89. The zero-order valence-corrected chi connectivity index (χ0v) is 14.3. The lowest BCUT2D eigenvalue weighted by molar-refractivity contribution is 0.413. The molecule has 1 N–H and O–H groups in total. The molecule has 2 aromatic rings. The number of aromatic amines is 1. The van der Waals surface area contributed by atoms with Crippen molar-refractivity contribution in [3.63, 3.8) is 0 Å². The molecule has 1 saturated carbocycles. The largest absolute Gasteiger partial charge is 0.374 e. The van der Waals surface area contributed by atoms with E-state index in [2.05, 4.69) is 28.0 Å². The molecular formula is C16H22N4O2S. The second-order valence-corrected chi connectivity index (χ2v) is 8.92. The molecule has 7 heteroatoms. The molecule has 1 aliphatic carbocycles. The molecule has 4 rings (SSSR count). The summed E-state index contributed by atoms with van der Waals surface area (Å²) in [5.41, 5.74) is 2.09. The van der Waals surface area contributed by atoms with Gasteiger partial charge in [-0.2, -0.15) is 0 Å². The molecule has 0 aromatic carbocycles. The summed E-state index contributed by atoms with van der Waals surface area (Å²) >= 11 is 0. The van der Waals surface area contributed by atoms with Crippen LogP contribution in [0.5, 0.6) is 0 Å². The molecule has 6 nitrogen and oxygen atoms in total. The van der Waals surface area contributed by atoms with Gasteiger partial charge in [0.15, 0.2) is 0 Å². The van der Waals surface area contributed by atoms with Gasteiger partial charge in [0, 0.05) is 50.1 Å². The summed E-state index contributed by atoms with van der Waals surface area (Å²) in [6.45, 7) is 4.10. The van der Waals surface area contributed by atoms with Gasteiger partial charge in [-0.05, 0) is 36.8 Å². The molecule has 0 spiro atoms. The highest BCUT2D eigenvalue weighted by atomic mass is 32.2. The van der Waals surface area contributed by atoms with Crippen molar-refractivity contribution >= 4 is 26.7 Å². The molecule has 3 atom stereocenters. The summed E-state index contributed by atoms with van der Waals surface area (Å²) in [4.78, 5) is 9.75. The predicted octanol–water partition coefficient (Wildman–Crippen LogP) is 1.53. The Balaban J connectivity index is 1.43. The Kier molecular flexibility index (Phi) is 3.39. The Morgan fingerprint density at radius 2 is 2.09 bits per heavy atom. The first kappa shape index (κ1) is 15.0. The van der Waals surface area contributed by atoms with Crippen LogP contribution in [0, 0.1) is 17.8 Å². The molecule has 1 aliphatic heterocycles. The topological polar surface area (TPSA) is 69.3 Å². The molecule has 2 fully saturated rings. The van der Waals surface area contributed by atoms with Crippen molar-refractivity contribution in [1.29, 1.82) is 0 Å². The van der Waals surface area contributed by atoms with Crippen LogP contribution < -0.4 is 4.90 Å². The standard InChI is InChI=1S/C16H22N4O2S/c1-3-23(21,22)20-9-13-12(14(13)10-20)8-19(2)15-5-7-18-16-11(15)4-6-17-16/h4-7,12-14H,3,8-10H2,1-2H3,(H,17,18)/t12-,13-,14?/m0/s1. The van der Waals surface area contributed by atoms with Crippen LogP contribution in [0.25, 0.3) is 11.0 Å². The lowest BCUT2D eigenvalue weighted by Gasteiger charge is -2.23. The van der Waals surface area contributed by atoms with E-state index in [9.17, 15) is 8.42 Å². The Hall–Kier alpha value is -1.60. The number of pyridine rings is 1. The quantitative estimate of drug-likeness (QED) is 0.900. The molecule has 0 radical (unpaired) electrons. The summed E-state index contributed by atoms with van der Waals surface area (Å²) in [5, 5.41) is 1.14. The van der Waals surface area contributed by atoms with E-state index in [0.717, 1.165) is 17.6 Å². The Morgan fingerprint density at radius 1 is 1.35 bits per heavy atom.